The van der Waals surface area contributed by atoms with Crippen LogP contribution in [0.4, 0.5) is 0 Å². The lowest BCUT2D eigenvalue weighted by Crippen LogP contribution is -2.31. The summed E-state index contributed by atoms with van der Waals surface area (Å²) in [7, 11) is 1.92. The van der Waals surface area contributed by atoms with Crippen LogP contribution in [-0.2, 0) is 6.54 Å². The van der Waals surface area contributed by atoms with Gasteiger partial charge in [0.05, 0.1) is 11.9 Å². The fourth-order valence-electron chi connectivity index (χ4n) is 2.54. The van der Waals surface area contributed by atoms with E-state index in [0.29, 0.717) is 6.04 Å². The van der Waals surface area contributed by atoms with E-state index in [-0.39, 0.29) is 0 Å². The van der Waals surface area contributed by atoms with E-state index in [9.17, 15) is 0 Å². The van der Waals surface area contributed by atoms with Crippen LogP contribution in [0.3, 0.4) is 0 Å². The van der Waals surface area contributed by atoms with Gasteiger partial charge in [-0.3, -0.25) is 4.98 Å². The van der Waals surface area contributed by atoms with Crippen LogP contribution in [0.15, 0.2) is 18.3 Å². The topological polar surface area (TPSA) is 46.2 Å². The summed E-state index contributed by atoms with van der Waals surface area (Å²) in [6, 6.07) is 5.33. The van der Waals surface area contributed by atoms with Gasteiger partial charge in [-0.1, -0.05) is 0 Å². The number of aromatic nitrogens is 1. The van der Waals surface area contributed by atoms with E-state index >= 15 is 0 Å². The Morgan fingerprint density at radius 3 is 3.06 bits per heavy atom. The number of fused-ring (bicyclic) bond motifs is 1. The first-order valence-corrected chi connectivity index (χ1v) is 6.33. The van der Waals surface area contributed by atoms with Crippen LogP contribution in [0.2, 0.25) is 0 Å². The lowest BCUT2D eigenvalue weighted by molar-refractivity contribution is 0.267. The molecule has 4 heteroatoms. The molecule has 0 amide bonds. The van der Waals surface area contributed by atoms with Gasteiger partial charge < -0.3 is 15.4 Å². The molecule has 92 valence electrons. The predicted molar refractivity (Wildman–Crippen MR) is 65.9 cm³/mol. The van der Waals surface area contributed by atoms with Gasteiger partial charge in [0.2, 0.25) is 0 Å². The van der Waals surface area contributed by atoms with E-state index in [1.807, 2.05) is 25.4 Å². The van der Waals surface area contributed by atoms with Gasteiger partial charge in [0.1, 0.15) is 12.4 Å². The van der Waals surface area contributed by atoms with Crippen molar-refractivity contribution in [2.45, 2.75) is 31.5 Å². The van der Waals surface area contributed by atoms with Crippen molar-refractivity contribution in [2.24, 2.45) is 5.92 Å². The molecule has 3 unspecified atom stereocenters. The van der Waals surface area contributed by atoms with Crippen LogP contribution in [0.5, 0.6) is 5.75 Å². The molecule has 0 bridgehead atoms. The zero-order valence-corrected chi connectivity index (χ0v) is 10.1. The molecule has 1 saturated heterocycles. The minimum absolute atomic E-state index is 0.538. The predicted octanol–water partition coefficient (Wildman–Crippen LogP) is 0.930. The molecule has 0 radical (unpaired) electrons. The van der Waals surface area contributed by atoms with Crippen molar-refractivity contribution in [1.29, 1.82) is 0 Å². The van der Waals surface area contributed by atoms with E-state index in [1.54, 1.807) is 0 Å². The van der Waals surface area contributed by atoms with E-state index in [1.165, 1.54) is 12.8 Å². The summed E-state index contributed by atoms with van der Waals surface area (Å²) in [5, 5.41) is 6.65. The Labute approximate surface area is 102 Å². The fraction of sp³-hybridized carbons (Fsp3) is 0.615. The zero-order valence-electron chi connectivity index (χ0n) is 10.1. The molecule has 2 heterocycles. The lowest BCUT2D eigenvalue weighted by Gasteiger charge is -2.14. The van der Waals surface area contributed by atoms with Gasteiger partial charge in [-0.2, -0.15) is 0 Å². The average molecular weight is 233 g/mol. The molecule has 1 saturated carbocycles. The summed E-state index contributed by atoms with van der Waals surface area (Å²) in [6.45, 7) is 1.56. The molecule has 0 aromatic carbocycles. The standard InChI is InChI=1S/C13H19N3O/c1-14-6-10-2-3-12(7-15-10)17-8-11-4-9-5-13(9)16-11/h2-3,7,9,11,13-14,16H,4-6,8H2,1H3. The number of nitrogens with one attached hydrogen (secondary N) is 2. The maximum Gasteiger partial charge on any atom is 0.137 e. The van der Waals surface area contributed by atoms with Gasteiger partial charge in [0, 0.05) is 18.6 Å². The Bertz CT molecular complexity index is 369. The molecular weight excluding hydrogens is 214 g/mol. The molecule has 3 atom stereocenters. The fourth-order valence-corrected chi connectivity index (χ4v) is 2.54. The van der Waals surface area contributed by atoms with Crippen LogP contribution < -0.4 is 15.4 Å². The molecule has 17 heavy (non-hydrogen) atoms. The van der Waals surface area contributed by atoms with Crippen molar-refractivity contribution < 1.29 is 4.74 Å². The first-order valence-electron chi connectivity index (χ1n) is 6.33. The summed E-state index contributed by atoms with van der Waals surface area (Å²) in [4.78, 5) is 4.33. The van der Waals surface area contributed by atoms with E-state index in [0.717, 1.165) is 36.6 Å². The number of hydrogen-bond donors (Lipinski definition) is 2. The molecule has 1 aliphatic carbocycles. The quantitative estimate of drug-likeness (QED) is 0.794. The second-order valence-corrected chi connectivity index (χ2v) is 5.03. The molecule has 1 aliphatic heterocycles. The van der Waals surface area contributed by atoms with Gasteiger partial charge in [0.25, 0.3) is 0 Å². The summed E-state index contributed by atoms with van der Waals surface area (Å²) < 4.78 is 5.75. The number of ether oxygens (including phenoxy) is 1. The first kappa shape index (κ1) is 11.0. The largest absolute Gasteiger partial charge is 0.490 e. The normalized spacial score (nSPS) is 30.1. The maximum atomic E-state index is 5.75. The van der Waals surface area contributed by atoms with Crippen molar-refractivity contribution in [1.82, 2.24) is 15.6 Å². The Balaban J connectivity index is 1.47. The third-order valence-corrected chi connectivity index (χ3v) is 3.57. The maximum absolute atomic E-state index is 5.75. The van der Waals surface area contributed by atoms with Crippen LogP contribution in [0.1, 0.15) is 18.5 Å². The summed E-state index contributed by atoms with van der Waals surface area (Å²) in [5.74, 6) is 1.80. The first-order chi connectivity index (χ1) is 8.35. The minimum Gasteiger partial charge on any atom is -0.490 e. The van der Waals surface area contributed by atoms with Gasteiger partial charge >= 0.3 is 0 Å². The van der Waals surface area contributed by atoms with E-state index < -0.39 is 0 Å². The molecule has 2 aliphatic rings. The molecule has 2 N–H and O–H groups in total. The Morgan fingerprint density at radius 2 is 2.41 bits per heavy atom. The third kappa shape index (κ3) is 2.58. The lowest BCUT2D eigenvalue weighted by atomic mass is 10.2. The smallest absolute Gasteiger partial charge is 0.137 e. The highest BCUT2D eigenvalue weighted by molar-refractivity contribution is 5.20. The van der Waals surface area contributed by atoms with Crippen molar-refractivity contribution in [3.8, 4) is 5.75 Å². The molecule has 3 rings (SSSR count). The number of nitrogens with zero attached hydrogens (tertiary/aromatic N) is 1. The highest BCUT2D eigenvalue weighted by atomic mass is 16.5. The van der Waals surface area contributed by atoms with Crippen molar-refractivity contribution in [2.75, 3.05) is 13.7 Å². The monoisotopic (exact) mass is 233 g/mol. The minimum atomic E-state index is 0.538. The van der Waals surface area contributed by atoms with Gasteiger partial charge in [-0.15, -0.1) is 0 Å². The summed E-state index contributed by atoms with van der Waals surface area (Å²) in [6.07, 6.45) is 4.45. The van der Waals surface area contributed by atoms with E-state index in [2.05, 4.69) is 15.6 Å². The highest BCUT2D eigenvalue weighted by Crippen LogP contribution is 2.40. The van der Waals surface area contributed by atoms with E-state index in [4.69, 9.17) is 4.74 Å². The van der Waals surface area contributed by atoms with Crippen molar-refractivity contribution >= 4 is 0 Å². The molecule has 0 spiro atoms. The Morgan fingerprint density at radius 1 is 1.47 bits per heavy atom. The Kier molecular flexibility index (Phi) is 2.99. The van der Waals surface area contributed by atoms with Crippen LogP contribution in [0.25, 0.3) is 0 Å². The molecule has 1 aromatic heterocycles. The molecule has 2 fully saturated rings. The third-order valence-electron chi connectivity index (χ3n) is 3.57. The van der Waals surface area contributed by atoms with Crippen molar-refractivity contribution in [3.63, 3.8) is 0 Å². The summed E-state index contributed by atoms with van der Waals surface area (Å²) in [5.41, 5.74) is 1.04. The van der Waals surface area contributed by atoms with Crippen LogP contribution >= 0.6 is 0 Å². The number of rotatable bonds is 5. The number of piperidine rings is 1. The highest BCUT2D eigenvalue weighted by Gasteiger charge is 2.45. The van der Waals surface area contributed by atoms with Crippen LogP contribution in [0, 0.1) is 5.92 Å². The zero-order chi connectivity index (χ0) is 11.7. The number of hydrogen-bond acceptors (Lipinski definition) is 4. The molecule has 4 nitrogen and oxygen atoms in total. The van der Waals surface area contributed by atoms with Crippen molar-refractivity contribution in [3.05, 3.63) is 24.0 Å². The average Bonchev–Trinajstić information content (AvgIpc) is 2.96. The Hall–Kier alpha value is -1.13. The molecular formula is C13H19N3O. The van der Waals surface area contributed by atoms with Gasteiger partial charge in [-0.25, -0.2) is 0 Å². The SMILES string of the molecule is CNCc1ccc(OCC2CC3CC3N2)cn1. The van der Waals surface area contributed by atoms with Gasteiger partial charge in [0.15, 0.2) is 0 Å². The summed E-state index contributed by atoms with van der Waals surface area (Å²) >= 11 is 0. The number of pyridine rings is 1. The molecule has 1 aromatic rings. The second kappa shape index (κ2) is 4.63. The van der Waals surface area contributed by atoms with Crippen LogP contribution in [-0.4, -0.2) is 30.7 Å². The van der Waals surface area contributed by atoms with Gasteiger partial charge in [-0.05, 0) is 37.9 Å². The second-order valence-electron chi connectivity index (χ2n) is 5.03.